The zero-order valence-electron chi connectivity index (χ0n) is 14.6. The van der Waals surface area contributed by atoms with Gasteiger partial charge in [0.15, 0.2) is 5.96 Å². The third-order valence-electron chi connectivity index (χ3n) is 3.48. The van der Waals surface area contributed by atoms with Crippen LogP contribution in [0.5, 0.6) is 5.75 Å². The van der Waals surface area contributed by atoms with Crippen molar-refractivity contribution in [3.8, 4) is 5.75 Å². The highest BCUT2D eigenvalue weighted by molar-refractivity contribution is 14.0. The highest BCUT2D eigenvalue weighted by Crippen LogP contribution is 2.16. The summed E-state index contributed by atoms with van der Waals surface area (Å²) in [5.74, 6) is 1.44. The number of hydrogen-bond acceptors (Lipinski definition) is 4. The third kappa shape index (κ3) is 7.26. The minimum absolute atomic E-state index is 0. The van der Waals surface area contributed by atoms with Crippen molar-refractivity contribution in [2.45, 2.75) is 13.0 Å². The summed E-state index contributed by atoms with van der Waals surface area (Å²) in [6.07, 6.45) is 0.807. The maximum atomic E-state index is 11.0. The van der Waals surface area contributed by atoms with E-state index in [1.165, 1.54) is 6.07 Å². The molecule has 0 saturated carbocycles. The zero-order chi connectivity index (χ0) is 17.9. The Bertz CT molecular complexity index is 711. The lowest BCUT2D eigenvalue weighted by molar-refractivity contribution is -0.385. The van der Waals surface area contributed by atoms with Crippen LogP contribution in [0.15, 0.2) is 59.6 Å². The molecule has 2 rings (SSSR count). The van der Waals surface area contributed by atoms with Crippen LogP contribution in [0, 0.1) is 10.1 Å². The van der Waals surface area contributed by atoms with E-state index in [1.54, 1.807) is 25.2 Å². The first-order chi connectivity index (χ1) is 12.2. The van der Waals surface area contributed by atoms with E-state index in [2.05, 4.69) is 15.6 Å². The van der Waals surface area contributed by atoms with Crippen molar-refractivity contribution in [2.24, 2.45) is 4.99 Å². The van der Waals surface area contributed by atoms with Gasteiger partial charge in [0.05, 0.1) is 11.5 Å². The molecule has 0 aliphatic heterocycles. The van der Waals surface area contributed by atoms with Gasteiger partial charge in [0.1, 0.15) is 5.75 Å². The Morgan fingerprint density at radius 1 is 1.12 bits per heavy atom. The highest BCUT2D eigenvalue weighted by atomic mass is 127. The Kier molecular flexibility index (Phi) is 10.1. The second kappa shape index (κ2) is 12.1. The van der Waals surface area contributed by atoms with Gasteiger partial charge >= 0.3 is 0 Å². The Balaban J connectivity index is 0.00000338. The van der Waals surface area contributed by atoms with Crippen molar-refractivity contribution in [3.63, 3.8) is 0 Å². The van der Waals surface area contributed by atoms with Gasteiger partial charge in [0.2, 0.25) is 0 Å². The van der Waals surface area contributed by atoms with Crippen LogP contribution in [-0.4, -0.2) is 31.1 Å². The molecule has 2 aromatic rings. The van der Waals surface area contributed by atoms with E-state index < -0.39 is 0 Å². The monoisotopic (exact) mass is 470 g/mol. The lowest BCUT2D eigenvalue weighted by Crippen LogP contribution is -2.37. The fraction of sp³-hybridized carbons (Fsp3) is 0.278. The lowest BCUT2D eigenvalue weighted by Gasteiger charge is -2.12. The van der Waals surface area contributed by atoms with Gasteiger partial charge in [0.25, 0.3) is 5.69 Å². The summed E-state index contributed by atoms with van der Waals surface area (Å²) in [6, 6.07) is 16.3. The number of guanidine groups is 1. The number of rotatable bonds is 8. The first kappa shape index (κ1) is 21.7. The van der Waals surface area contributed by atoms with Crippen LogP contribution in [0.25, 0.3) is 0 Å². The number of benzene rings is 2. The van der Waals surface area contributed by atoms with Gasteiger partial charge in [-0.3, -0.25) is 15.1 Å². The fourth-order valence-corrected chi connectivity index (χ4v) is 2.22. The van der Waals surface area contributed by atoms with Crippen LogP contribution in [-0.2, 0) is 6.54 Å². The smallest absolute Gasteiger partial charge is 0.274 e. The number of nitro benzene ring substituents is 1. The molecule has 0 atom stereocenters. The second-order valence-corrected chi connectivity index (χ2v) is 5.25. The van der Waals surface area contributed by atoms with Crippen LogP contribution >= 0.6 is 24.0 Å². The van der Waals surface area contributed by atoms with Crippen LogP contribution in [0.1, 0.15) is 12.0 Å². The van der Waals surface area contributed by atoms with Gasteiger partial charge in [-0.15, -0.1) is 24.0 Å². The average Bonchev–Trinajstić information content (AvgIpc) is 2.65. The number of nitrogens with one attached hydrogen (secondary N) is 2. The van der Waals surface area contributed by atoms with Crippen molar-refractivity contribution < 1.29 is 9.66 Å². The molecule has 0 radical (unpaired) electrons. The van der Waals surface area contributed by atoms with E-state index in [0.717, 1.165) is 12.2 Å². The molecule has 0 bridgehead atoms. The van der Waals surface area contributed by atoms with E-state index in [0.29, 0.717) is 31.2 Å². The van der Waals surface area contributed by atoms with Crippen molar-refractivity contribution in [1.29, 1.82) is 0 Å². The van der Waals surface area contributed by atoms with Gasteiger partial charge in [-0.2, -0.15) is 0 Å². The molecule has 0 spiro atoms. The van der Waals surface area contributed by atoms with E-state index >= 15 is 0 Å². The topological polar surface area (TPSA) is 88.8 Å². The number of nitrogens with zero attached hydrogens (tertiary/aromatic N) is 2. The Morgan fingerprint density at radius 2 is 1.81 bits per heavy atom. The van der Waals surface area contributed by atoms with Crippen LogP contribution in [0.3, 0.4) is 0 Å². The highest BCUT2D eigenvalue weighted by Gasteiger charge is 2.12. The number of ether oxygens (including phenoxy) is 1. The normalized spacial score (nSPS) is 10.6. The molecule has 0 amide bonds. The van der Waals surface area contributed by atoms with Crippen molar-refractivity contribution >= 4 is 35.6 Å². The molecule has 0 fully saturated rings. The number of aliphatic imine (C=N–C) groups is 1. The van der Waals surface area contributed by atoms with Gasteiger partial charge in [0, 0.05) is 31.8 Å². The van der Waals surface area contributed by atoms with Gasteiger partial charge in [-0.1, -0.05) is 36.4 Å². The van der Waals surface area contributed by atoms with E-state index in [-0.39, 0.29) is 34.6 Å². The summed E-state index contributed by atoms with van der Waals surface area (Å²) < 4.78 is 5.62. The predicted octanol–water partition coefficient (Wildman–Crippen LogP) is 3.35. The molecule has 0 aromatic heterocycles. The number of halogens is 1. The molecule has 2 N–H and O–H groups in total. The predicted molar refractivity (Wildman–Crippen MR) is 113 cm³/mol. The lowest BCUT2D eigenvalue weighted by atomic mass is 10.2. The van der Waals surface area contributed by atoms with Crippen LogP contribution in [0.4, 0.5) is 5.69 Å². The number of nitro groups is 1. The van der Waals surface area contributed by atoms with Crippen molar-refractivity contribution in [2.75, 3.05) is 20.2 Å². The standard InChI is InChI=1S/C18H22N4O3.HI/c1-19-18(20-12-7-13-25-16-9-3-2-4-10-16)21-14-15-8-5-6-11-17(15)22(23)24;/h2-6,8-11H,7,12-14H2,1H3,(H2,19,20,21);1H. The summed E-state index contributed by atoms with van der Waals surface area (Å²) in [5, 5.41) is 17.3. The van der Waals surface area contributed by atoms with Crippen molar-refractivity contribution in [3.05, 3.63) is 70.3 Å². The minimum Gasteiger partial charge on any atom is -0.494 e. The number of para-hydroxylation sites is 2. The molecule has 2 aromatic carbocycles. The van der Waals surface area contributed by atoms with Gasteiger partial charge in [-0.25, -0.2) is 0 Å². The van der Waals surface area contributed by atoms with Gasteiger partial charge in [-0.05, 0) is 18.6 Å². The molecular weight excluding hydrogens is 447 g/mol. The molecule has 140 valence electrons. The molecular formula is C18H23IN4O3. The molecule has 0 heterocycles. The largest absolute Gasteiger partial charge is 0.494 e. The SMILES string of the molecule is CN=C(NCCCOc1ccccc1)NCc1ccccc1[N+](=O)[O-].I. The summed E-state index contributed by atoms with van der Waals surface area (Å²) in [7, 11) is 1.66. The van der Waals surface area contributed by atoms with Gasteiger partial charge < -0.3 is 15.4 Å². The van der Waals surface area contributed by atoms with Crippen molar-refractivity contribution in [1.82, 2.24) is 10.6 Å². The molecule has 0 saturated heterocycles. The number of hydrogen-bond donors (Lipinski definition) is 2. The first-order valence-electron chi connectivity index (χ1n) is 8.05. The molecule has 0 aliphatic carbocycles. The summed E-state index contributed by atoms with van der Waals surface area (Å²) in [6.45, 7) is 1.61. The minimum atomic E-state index is -0.381. The summed E-state index contributed by atoms with van der Waals surface area (Å²) in [5.41, 5.74) is 0.713. The summed E-state index contributed by atoms with van der Waals surface area (Å²) >= 11 is 0. The molecule has 7 nitrogen and oxygen atoms in total. The van der Waals surface area contributed by atoms with E-state index in [4.69, 9.17) is 4.74 Å². The molecule has 26 heavy (non-hydrogen) atoms. The Labute approximate surface area is 170 Å². The zero-order valence-corrected chi connectivity index (χ0v) is 16.9. The second-order valence-electron chi connectivity index (χ2n) is 5.25. The molecule has 8 heteroatoms. The Hall–Kier alpha value is -2.36. The quantitative estimate of drug-likeness (QED) is 0.154. The van der Waals surface area contributed by atoms with Crippen LogP contribution < -0.4 is 15.4 Å². The first-order valence-corrected chi connectivity index (χ1v) is 8.05. The maximum absolute atomic E-state index is 11.0. The maximum Gasteiger partial charge on any atom is 0.274 e. The average molecular weight is 470 g/mol. The molecule has 0 unspecified atom stereocenters. The fourth-order valence-electron chi connectivity index (χ4n) is 2.22. The Morgan fingerprint density at radius 3 is 2.50 bits per heavy atom. The summed E-state index contributed by atoms with van der Waals surface area (Å²) in [4.78, 5) is 14.8. The van der Waals surface area contributed by atoms with Crippen LogP contribution in [0.2, 0.25) is 0 Å². The third-order valence-corrected chi connectivity index (χ3v) is 3.48. The van der Waals surface area contributed by atoms with E-state index in [1.807, 2.05) is 30.3 Å². The molecule has 0 aliphatic rings. The van der Waals surface area contributed by atoms with E-state index in [9.17, 15) is 10.1 Å².